The van der Waals surface area contributed by atoms with E-state index in [1.54, 1.807) is 0 Å². The number of benzene rings is 1. The van der Waals surface area contributed by atoms with Crippen LogP contribution < -0.4 is 5.32 Å². The van der Waals surface area contributed by atoms with Crippen LogP contribution in [0.15, 0.2) is 42.7 Å². The van der Waals surface area contributed by atoms with Crippen LogP contribution in [0.3, 0.4) is 0 Å². The monoisotopic (exact) mass is 215 g/mol. The van der Waals surface area contributed by atoms with E-state index in [1.165, 1.54) is 11.1 Å². The van der Waals surface area contributed by atoms with E-state index in [4.69, 9.17) is 0 Å². The van der Waals surface area contributed by atoms with Gasteiger partial charge >= 0.3 is 0 Å². The van der Waals surface area contributed by atoms with E-state index in [0.717, 1.165) is 19.5 Å². The Morgan fingerprint density at radius 3 is 2.75 bits per heavy atom. The van der Waals surface area contributed by atoms with E-state index >= 15 is 0 Å². The second-order valence-corrected chi connectivity index (χ2v) is 3.89. The van der Waals surface area contributed by atoms with Gasteiger partial charge in [-0.2, -0.15) is 5.10 Å². The Kier molecular flexibility index (Phi) is 3.72. The Hall–Kier alpha value is -1.61. The topological polar surface area (TPSA) is 29.9 Å². The molecule has 2 aromatic rings. The van der Waals surface area contributed by atoms with Crippen LogP contribution in [0.2, 0.25) is 0 Å². The molecule has 0 saturated heterocycles. The molecule has 3 nitrogen and oxygen atoms in total. The maximum absolute atomic E-state index is 4.35. The normalized spacial score (nSPS) is 10.6. The van der Waals surface area contributed by atoms with Gasteiger partial charge in [-0.15, -0.1) is 0 Å². The molecule has 2 rings (SSSR count). The summed E-state index contributed by atoms with van der Waals surface area (Å²) in [7, 11) is 1.97. The fourth-order valence-electron chi connectivity index (χ4n) is 1.66. The van der Waals surface area contributed by atoms with Crippen molar-refractivity contribution in [2.24, 2.45) is 0 Å². The number of aromatic nitrogens is 2. The molecule has 1 heterocycles. The summed E-state index contributed by atoms with van der Waals surface area (Å²) in [5.41, 5.74) is 2.57. The molecule has 16 heavy (non-hydrogen) atoms. The average Bonchev–Trinajstić information content (AvgIpc) is 2.75. The molecule has 0 amide bonds. The van der Waals surface area contributed by atoms with Crippen LogP contribution in [0.5, 0.6) is 0 Å². The number of nitrogens with one attached hydrogen (secondary N) is 1. The quantitative estimate of drug-likeness (QED) is 0.822. The molecule has 0 saturated carbocycles. The van der Waals surface area contributed by atoms with Crippen LogP contribution in [0.1, 0.15) is 11.1 Å². The molecule has 0 aliphatic rings. The number of likely N-dealkylation sites (N-methyl/N-ethyl adjacent to an activating group) is 1. The Labute approximate surface area is 96.1 Å². The minimum atomic E-state index is 0.848. The summed E-state index contributed by atoms with van der Waals surface area (Å²) >= 11 is 0. The van der Waals surface area contributed by atoms with Gasteiger partial charge in [0.1, 0.15) is 0 Å². The highest BCUT2D eigenvalue weighted by Gasteiger charge is 1.98. The highest BCUT2D eigenvalue weighted by molar-refractivity contribution is 5.15. The summed E-state index contributed by atoms with van der Waals surface area (Å²) in [5, 5.41) is 7.49. The first-order valence-corrected chi connectivity index (χ1v) is 5.58. The summed E-state index contributed by atoms with van der Waals surface area (Å²) < 4.78 is 1.99. The lowest BCUT2D eigenvalue weighted by molar-refractivity contribution is 0.685. The van der Waals surface area contributed by atoms with Gasteiger partial charge in [-0.05, 0) is 31.1 Å². The first-order chi connectivity index (χ1) is 7.88. The van der Waals surface area contributed by atoms with Crippen LogP contribution in [0.4, 0.5) is 0 Å². The molecule has 84 valence electrons. The fraction of sp³-hybridized carbons (Fsp3) is 0.308. The van der Waals surface area contributed by atoms with Gasteiger partial charge in [0, 0.05) is 6.20 Å². The van der Waals surface area contributed by atoms with Crippen molar-refractivity contribution in [3.63, 3.8) is 0 Å². The van der Waals surface area contributed by atoms with E-state index in [0.29, 0.717) is 0 Å². The zero-order valence-electron chi connectivity index (χ0n) is 9.56. The van der Waals surface area contributed by atoms with Gasteiger partial charge in [0.15, 0.2) is 0 Å². The first-order valence-electron chi connectivity index (χ1n) is 5.58. The summed E-state index contributed by atoms with van der Waals surface area (Å²) in [6.07, 6.45) is 5.09. The van der Waals surface area contributed by atoms with Crippen molar-refractivity contribution < 1.29 is 0 Å². The van der Waals surface area contributed by atoms with Crippen molar-refractivity contribution >= 4 is 0 Å². The van der Waals surface area contributed by atoms with E-state index in [1.807, 2.05) is 24.0 Å². The van der Waals surface area contributed by atoms with Crippen LogP contribution in [0.25, 0.3) is 0 Å². The second-order valence-electron chi connectivity index (χ2n) is 3.89. The van der Waals surface area contributed by atoms with E-state index in [-0.39, 0.29) is 0 Å². The Morgan fingerprint density at radius 1 is 1.19 bits per heavy atom. The fourth-order valence-corrected chi connectivity index (χ4v) is 1.66. The molecule has 3 heteroatoms. The summed E-state index contributed by atoms with van der Waals surface area (Å²) in [6, 6.07) is 10.4. The van der Waals surface area contributed by atoms with Gasteiger partial charge in [0.2, 0.25) is 0 Å². The van der Waals surface area contributed by atoms with Gasteiger partial charge in [-0.3, -0.25) is 4.68 Å². The van der Waals surface area contributed by atoms with Crippen molar-refractivity contribution in [2.75, 3.05) is 13.6 Å². The molecule has 0 fully saturated rings. The highest BCUT2D eigenvalue weighted by atomic mass is 15.3. The first kappa shape index (κ1) is 10.9. The third-order valence-electron chi connectivity index (χ3n) is 2.54. The van der Waals surface area contributed by atoms with Gasteiger partial charge in [0.25, 0.3) is 0 Å². The molecular formula is C13H17N3. The lowest BCUT2D eigenvalue weighted by atomic mass is 10.2. The molecule has 1 N–H and O–H groups in total. The summed E-state index contributed by atoms with van der Waals surface area (Å²) in [6.45, 7) is 1.84. The van der Waals surface area contributed by atoms with Crippen molar-refractivity contribution in [2.45, 2.75) is 13.0 Å². The average molecular weight is 215 g/mol. The minimum absolute atomic E-state index is 0.848. The maximum atomic E-state index is 4.35. The summed E-state index contributed by atoms with van der Waals surface area (Å²) in [4.78, 5) is 0. The van der Waals surface area contributed by atoms with Crippen molar-refractivity contribution in [3.8, 4) is 0 Å². The predicted octanol–water partition coefficient (Wildman–Crippen LogP) is 1.69. The molecule has 1 aromatic heterocycles. The largest absolute Gasteiger partial charge is 0.319 e. The van der Waals surface area contributed by atoms with Crippen molar-refractivity contribution in [1.82, 2.24) is 15.1 Å². The summed E-state index contributed by atoms with van der Waals surface area (Å²) in [5.74, 6) is 0. The van der Waals surface area contributed by atoms with Gasteiger partial charge in [-0.25, -0.2) is 0 Å². The van der Waals surface area contributed by atoms with Crippen molar-refractivity contribution in [3.05, 3.63) is 53.9 Å². The highest BCUT2D eigenvalue weighted by Crippen LogP contribution is 2.04. The molecule has 0 atom stereocenters. The third kappa shape index (κ3) is 2.94. The number of hydrogen-bond donors (Lipinski definition) is 1. The van der Waals surface area contributed by atoms with E-state index < -0.39 is 0 Å². The van der Waals surface area contributed by atoms with Crippen LogP contribution >= 0.6 is 0 Å². The second kappa shape index (κ2) is 5.47. The Morgan fingerprint density at radius 2 is 2.00 bits per heavy atom. The third-order valence-corrected chi connectivity index (χ3v) is 2.54. The minimum Gasteiger partial charge on any atom is -0.319 e. The Bertz CT molecular complexity index is 420. The number of rotatable bonds is 5. The maximum Gasteiger partial charge on any atom is 0.0659 e. The van der Waals surface area contributed by atoms with Crippen molar-refractivity contribution in [1.29, 1.82) is 0 Å². The molecule has 0 unspecified atom stereocenters. The zero-order chi connectivity index (χ0) is 11.2. The molecular weight excluding hydrogens is 198 g/mol. The van der Waals surface area contributed by atoms with Gasteiger partial charge in [0.05, 0.1) is 12.7 Å². The standard InChI is InChI=1S/C13H17N3/c1-14-8-7-13-9-15-16(11-13)10-12-5-3-2-4-6-12/h2-6,9,11,14H,7-8,10H2,1H3. The van der Waals surface area contributed by atoms with Gasteiger partial charge in [-0.1, -0.05) is 30.3 Å². The lowest BCUT2D eigenvalue weighted by Gasteiger charge is -2.00. The van der Waals surface area contributed by atoms with Gasteiger partial charge < -0.3 is 5.32 Å². The molecule has 0 radical (unpaired) electrons. The van der Waals surface area contributed by atoms with Crippen LogP contribution in [0, 0.1) is 0 Å². The zero-order valence-corrected chi connectivity index (χ0v) is 9.56. The number of nitrogens with zero attached hydrogens (tertiary/aromatic N) is 2. The Balaban J connectivity index is 1.97. The number of hydrogen-bond acceptors (Lipinski definition) is 2. The predicted molar refractivity (Wildman–Crippen MR) is 65.4 cm³/mol. The lowest BCUT2D eigenvalue weighted by Crippen LogP contribution is -2.09. The molecule has 0 aliphatic heterocycles. The van der Waals surface area contributed by atoms with E-state index in [9.17, 15) is 0 Å². The SMILES string of the molecule is CNCCc1cnn(Cc2ccccc2)c1. The molecule has 0 aliphatic carbocycles. The smallest absolute Gasteiger partial charge is 0.0659 e. The van der Waals surface area contributed by atoms with Crippen LogP contribution in [-0.2, 0) is 13.0 Å². The van der Waals surface area contributed by atoms with E-state index in [2.05, 4.69) is 40.9 Å². The van der Waals surface area contributed by atoms with Crippen LogP contribution in [-0.4, -0.2) is 23.4 Å². The molecule has 0 bridgehead atoms. The molecule has 0 spiro atoms. The molecule has 1 aromatic carbocycles.